The van der Waals surface area contributed by atoms with Crippen molar-refractivity contribution in [2.45, 2.75) is 25.1 Å². The number of ether oxygens (including phenoxy) is 1. The van der Waals surface area contributed by atoms with Crippen LogP contribution in [0.3, 0.4) is 0 Å². The van der Waals surface area contributed by atoms with E-state index in [2.05, 4.69) is 25.2 Å². The monoisotopic (exact) mass is 315 g/mol. The second-order valence-corrected chi connectivity index (χ2v) is 5.66. The van der Waals surface area contributed by atoms with E-state index in [4.69, 9.17) is 4.74 Å². The normalized spacial score (nSPS) is 20.8. The number of aromatic nitrogens is 3. The maximum absolute atomic E-state index is 11.1. The number of anilines is 1. The predicted octanol–water partition coefficient (Wildman–Crippen LogP) is 0.548. The van der Waals surface area contributed by atoms with E-state index >= 15 is 0 Å². The summed E-state index contributed by atoms with van der Waals surface area (Å²) in [5.41, 5.74) is 0.974. The van der Waals surface area contributed by atoms with Crippen molar-refractivity contribution in [3.05, 3.63) is 52.8 Å². The lowest BCUT2D eigenvalue weighted by atomic mass is 10.2. The Morgan fingerprint density at radius 2 is 2.35 bits per heavy atom. The van der Waals surface area contributed by atoms with Crippen LogP contribution in [0.4, 0.5) is 5.82 Å². The van der Waals surface area contributed by atoms with Gasteiger partial charge in [0.1, 0.15) is 12.1 Å². The summed E-state index contributed by atoms with van der Waals surface area (Å²) in [6.45, 7) is 2.37. The highest BCUT2D eigenvalue weighted by Gasteiger charge is 2.32. The molecule has 7 nitrogen and oxygen atoms in total. The van der Waals surface area contributed by atoms with Crippen LogP contribution in [0.25, 0.3) is 0 Å². The molecule has 0 radical (unpaired) electrons. The molecule has 0 amide bonds. The van der Waals surface area contributed by atoms with Gasteiger partial charge in [0.05, 0.1) is 6.10 Å². The number of pyridine rings is 1. The molecule has 1 aliphatic rings. The lowest BCUT2D eigenvalue weighted by molar-refractivity contribution is 0.118. The van der Waals surface area contributed by atoms with Gasteiger partial charge in [-0.25, -0.2) is 9.97 Å². The van der Waals surface area contributed by atoms with Crippen molar-refractivity contribution in [1.82, 2.24) is 20.3 Å². The number of H-pyrrole nitrogens is 1. The molecule has 122 valence electrons. The number of hydrogen-bond acceptors (Lipinski definition) is 6. The summed E-state index contributed by atoms with van der Waals surface area (Å²) in [5, 5.41) is 3.44. The van der Waals surface area contributed by atoms with Crippen LogP contribution in [0.15, 0.2) is 41.7 Å². The second-order valence-electron chi connectivity index (χ2n) is 5.66. The van der Waals surface area contributed by atoms with Gasteiger partial charge in [-0.2, -0.15) is 0 Å². The smallest absolute Gasteiger partial charge is 0.247 e. The van der Waals surface area contributed by atoms with Gasteiger partial charge in [0.25, 0.3) is 0 Å². The molecule has 0 spiro atoms. The first-order chi connectivity index (χ1) is 11.3. The lowest BCUT2D eigenvalue weighted by Crippen LogP contribution is -2.38. The summed E-state index contributed by atoms with van der Waals surface area (Å²) in [6, 6.07) is 5.62. The fourth-order valence-corrected chi connectivity index (χ4v) is 2.91. The lowest BCUT2D eigenvalue weighted by Gasteiger charge is -2.25. The molecular formula is C16H21N5O2. The van der Waals surface area contributed by atoms with E-state index in [1.54, 1.807) is 31.9 Å². The first kappa shape index (κ1) is 15.6. The van der Waals surface area contributed by atoms with Gasteiger partial charge in [-0.1, -0.05) is 6.07 Å². The van der Waals surface area contributed by atoms with E-state index in [9.17, 15) is 4.79 Å². The van der Waals surface area contributed by atoms with Gasteiger partial charge >= 0.3 is 0 Å². The molecule has 2 N–H and O–H groups in total. The van der Waals surface area contributed by atoms with Gasteiger partial charge in [0.15, 0.2) is 0 Å². The summed E-state index contributed by atoms with van der Waals surface area (Å²) in [4.78, 5) is 24.3. The molecule has 0 saturated carbocycles. The van der Waals surface area contributed by atoms with Crippen molar-refractivity contribution in [1.29, 1.82) is 0 Å². The van der Waals surface area contributed by atoms with Crippen LogP contribution in [0.5, 0.6) is 0 Å². The van der Waals surface area contributed by atoms with E-state index < -0.39 is 0 Å². The number of methoxy groups -OCH3 is 1. The minimum atomic E-state index is -0.0811. The van der Waals surface area contributed by atoms with Crippen molar-refractivity contribution in [3.8, 4) is 0 Å². The minimum Gasteiger partial charge on any atom is -0.380 e. The topological polar surface area (TPSA) is 83.1 Å². The average Bonchev–Trinajstić information content (AvgIpc) is 3.01. The quantitative estimate of drug-likeness (QED) is 0.810. The summed E-state index contributed by atoms with van der Waals surface area (Å²) >= 11 is 0. The molecule has 0 aromatic carbocycles. The summed E-state index contributed by atoms with van der Waals surface area (Å²) < 4.78 is 5.52. The first-order valence-electron chi connectivity index (χ1n) is 7.70. The van der Waals surface area contributed by atoms with E-state index in [1.165, 1.54) is 0 Å². The Balaban J connectivity index is 1.60. The third-order valence-corrected chi connectivity index (χ3v) is 4.13. The maximum Gasteiger partial charge on any atom is 0.247 e. The molecule has 1 fully saturated rings. The Hall–Kier alpha value is -2.25. The van der Waals surface area contributed by atoms with E-state index in [0.29, 0.717) is 12.6 Å². The Morgan fingerprint density at radius 1 is 1.43 bits per heavy atom. The molecule has 2 aromatic heterocycles. The number of rotatable bonds is 6. The Morgan fingerprint density at radius 3 is 3.04 bits per heavy atom. The van der Waals surface area contributed by atoms with Crippen molar-refractivity contribution < 1.29 is 4.74 Å². The van der Waals surface area contributed by atoms with Crippen LogP contribution in [0.2, 0.25) is 0 Å². The largest absolute Gasteiger partial charge is 0.380 e. The Kier molecular flexibility index (Phi) is 4.99. The van der Waals surface area contributed by atoms with Crippen molar-refractivity contribution >= 4 is 5.82 Å². The zero-order valence-electron chi connectivity index (χ0n) is 13.1. The van der Waals surface area contributed by atoms with E-state index in [-0.39, 0.29) is 11.7 Å². The maximum atomic E-state index is 11.1. The average molecular weight is 315 g/mol. The summed E-state index contributed by atoms with van der Waals surface area (Å²) in [6.07, 6.45) is 6.24. The van der Waals surface area contributed by atoms with E-state index in [0.717, 1.165) is 30.9 Å². The number of nitrogens with zero attached hydrogens (tertiary/aromatic N) is 3. The molecule has 1 saturated heterocycles. The van der Waals surface area contributed by atoms with Crippen LogP contribution in [0.1, 0.15) is 12.0 Å². The molecule has 3 rings (SSSR count). The molecule has 3 heterocycles. The molecule has 2 aromatic rings. The van der Waals surface area contributed by atoms with E-state index in [1.807, 2.05) is 12.1 Å². The molecule has 0 bridgehead atoms. The number of nitrogens with one attached hydrogen (secondary N) is 2. The third kappa shape index (κ3) is 3.94. The summed E-state index contributed by atoms with van der Waals surface area (Å²) in [5.74, 6) is 0.926. The zero-order valence-corrected chi connectivity index (χ0v) is 13.1. The van der Waals surface area contributed by atoms with Gasteiger partial charge in [0, 0.05) is 51.2 Å². The molecule has 2 atom stereocenters. The summed E-state index contributed by atoms with van der Waals surface area (Å²) in [7, 11) is 1.75. The van der Waals surface area contributed by atoms with Crippen LogP contribution >= 0.6 is 0 Å². The van der Waals surface area contributed by atoms with Gasteiger partial charge < -0.3 is 19.9 Å². The van der Waals surface area contributed by atoms with Crippen LogP contribution in [-0.2, 0) is 11.3 Å². The van der Waals surface area contributed by atoms with Gasteiger partial charge in [-0.15, -0.1) is 0 Å². The van der Waals surface area contributed by atoms with Gasteiger partial charge in [0.2, 0.25) is 5.56 Å². The zero-order chi connectivity index (χ0) is 16.1. The van der Waals surface area contributed by atoms with Crippen molar-refractivity contribution in [2.75, 3.05) is 25.1 Å². The third-order valence-electron chi connectivity index (χ3n) is 4.13. The Labute approximate surface area is 134 Å². The number of hydrogen-bond donors (Lipinski definition) is 2. The standard InChI is InChI=1S/C16H21N5O2/c1-23-14-6-13(21(10-14)15-4-5-17-11-20-15)9-18-7-12-2-3-16(22)19-8-12/h2-5,8,11,13-14,18H,6-7,9-10H2,1H3,(H,19,22)/t13-,14-/m1/s1. The molecule has 0 aliphatic carbocycles. The molecule has 0 unspecified atom stereocenters. The highest BCUT2D eigenvalue weighted by molar-refractivity contribution is 5.40. The van der Waals surface area contributed by atoms with Gasteiger partial charge in [-0.3, -0.25) is 4.79 Å². The predicted molar refractivity (Wildman–Crippen MR) is 87.3 cm³/mol. The highest BCUT2D eigenvalue weighted by Crippen LogP contribution is 2.24. The van der Waals surface area contributed by atoms with Crippen molar-refractivity contribution in [2.24, 2.45) is 0 Å². The Bertz CT molecular complexity index is 655. The van der Waals surface area contributed by atoms with Crippen LogP contribution < -0.4 is 15.8 Å². The molecule has 7 heteroatoms. The fourth-order valence-electron chi connectivity index (χ4n) is 2.91. The highest BCUT2D eigenvalue weighted by atomic mass is 16.5. The van der Waals surface area contributed by atoms with Gasteiger partial charge in [-0.05, 0) is 18.1 Å². The SMILES string of the molecule is CO[C@@H]1C[C@H](CNCc2ccc(=O)[nH]c2)N(c2ccncn2)C1. The number of aromatic amines is 1. The first-order valence-corrected chi connectivity index (χ1v) is 7.70. The van der Waals surface area contributed by atoms with Crippen LogP contribution in [-0.4, -0.2) is 47.3 Å². The second kappa shape index (κ2) is 7.34. The van der Waals surface area contributed by atoms with Crippen molar-refractivity contribution in [3.63, 3.8) is 0 Å². The van der Waals surface area contributed by atoms with Crippen LogP contribution in [0, 0.1) is 0 Å². The molecule has 1 aliphatic heterocycles. The minimum absolute atomic E-state index is 0.0811. The molecular weight excluding hydrogens is 294 g/mol. The molecule has 23 heavy (non-hydrogen) atoms. The fraction of sp³-hybridized carbons (Fsp3) is 0.438.